The fraction of sp³-hybridized carbons (Fsp3) is 0.222. The van der Waals surface area contributed by atoms with E-state index in [1.807, 2.05) is 43.3 Å². The van der Waals surface area contributed by atoms with Crippen LogP contribution >= 0.6 is 0 Å². The Morgan fingerprint density at radius 1 is 1.13 bits per heavy atom. The maximum Gasteiger partial charge on any atom is 0.260 e. The molecule has 5 nitrogen and oxygen atoms in total. The van der Waals surface area contributed by atoms with Gasteiger partial charge in [0.2, 0.25) is 5.95 Å². The van der Waals surface area contributed by atoms with Gasteiger partial charge < -0.3 is 10.4 Å². The molecule has 0 saturated carbocycles. The van der Waals surface area contributed by atoms with Crippen LogP contribution < -0.4 is 10.9 Å². The molecule has 0 aliphatic heterocycles. The van der Waals surface area contributed by atoms with Crippen LogP contribution in [0.25, 0.3) is 10.9 Å². The van der Waals surface area contributed by atoms with Gasteiger partial charge in [-0.25, -0.2) is 4.98 Å². The molecule has 0 amide bonds. The summed E-state index contributed by atoms with van der Waals surface area (Å²) in [4.78, 5) is 19.1. The number of nitrogens with one attached hydrogen (secondary N) is 2. The molecule has 0 aliphatic rings. The zero-order valence-corrected chi connectivity index (χ0v) is 12.9. The third-order valence-electron chi connectivity index (χ3n) is 3.84. The third-order valence-corrected chi connectivity index (χ3v) is 3.84. The van der Waals surface area contributed by atoms with Crippen LogP contribution in [0.4, 0.5) is 5.95 Å². The molecule has 0 radical (unpaired) electrons. The molecule has 0 fully saturated rings. The maximum atomic E-state index is 12.0. The van der Waals surface area contributed by atoms with E-state index in [1.54, 1.807) is 18.2 Å². The first-order chi connectivity index (χ1) is 11.1. The van der Waals surface area contributed by atoms with Crippen molar-refractivity contribution in [3.63, 3.8) is 0 Å². The average molecular weight is 309 g/mol. The summed E-state index contributed by atoms with van der Waals surface area (Å²) in [6.45, 7) is 1.86. The number of anilines is 1. The molecule has 3 rings (SSSR count). The van der Waals surface area contributed by atoms with Crippen LogP contribution in [-0.2, 0) is 6.42 Å². The SMILES string of the molecule is CC(Nc1nc2ccccc2c(=O)[nH]1)C(O)Cc1ccccc1. The minimum atomic E-state index is -0.589. The fourth-order valence-electron chi connectivity index (χ4n) is 2.50. The van der Waals surface area contributed by atoms with E-state index >= 15 is 0 Å². The molecule has 3 N–H and O–H groups in total. The Labute approximate surface area is 134 Å². The minimum absolute atomic E-state index is 0.192. The number of fused-ring (bicyclic) bond motifs is 1. The number of benzene rings is 2. The van der Waals surface area contributed by atoms with E-state index in [0.717, 1.165) is 5.56 Å². The fourth-order valence-corrected chi connectivity index (χ4v) is 2.50. The summed E-state index contributed by atoms with van der Waals surface area (Å²) in [5.74, 6) is 0.369. The second-order valence-corrected chi connectivity index (χ2v) is 5.62. The van der Waals surface area contributed by atoms with Crippen LogP contribution in [0.2, 0.25) is 0 Å². The summed E-state index contributed by atoms with van der Waals surface area (Å²) >= 11 is 0. The molecule has 2 aromatic carbocycles. The quantitative estimate of drug-likeness (QED) is 0.676. The first-order valence-electron chi connectivity index (χ1n) is 7.61. The van der Waals surface area contributed by atoms with Crippen molar-refractivity contribution in [2.75, 3.05) is 5.32 Å². The van der Waals surface area contributed by atoms with Gasteiger partial charge in [-0.3, -0.25) is 9.78 Å². The van der Waals surface area contributed by atoms with Crippen molar-refractivity contribution in [3.05, 3.63) is 70.5 Å². The number of para-hydroxylation sites is 1. The van der Waals surface area contributed by atoms with Gasteiger partial charge in [0.05, 0.1) is 23.0 Å². The summed E-state index contributed by atoms with van der Waals surface area (Å²) < 4.78 is 0. The van der Waals surface area contributed by atoms with Crippen molar-refractivity contribution in [2.24, 2.45) is 0 Å². The molecule has 2 atom stereocenters. The number of aliphatic hydroxyl groups is 1. The van der Waals surface area contributed by atoms with Crippen LogP contribution in [0.1, 0.15) is 12.5 Å². The number of hydrogen-bond donors (Lipinski definition) is 3. The first kappa shape index (κ1) is 15.2. The van der Waals surface area contributed by atoms with Gasteiger partial charge in [-0.15, -0.1) is 0 Å². The van der Waals surface area contributed by atoms with Crippen LogP contribution in [0, 0.1) is 0 Å². The van der Waals surface area contributed by atoms with Crippen molar-refractivity contribution >= 4 is 16.9 Å². The van der Waals surface area contributed by atoms with Gasteiger partial charge in [0.15, 0.2) is 0 Å². The molecule has 0 spiro atoms. The highest BCUT2D eigenvalue weighted by molar-refractivity contribution is 5.78. The van der Waals surface area contributed by atoms with E-state index in [1.165, 1.54) is 0 Å². The van der Waals surface area contributed by atoms with Crippen LogP contribution in [0.5, 0.6) is 0 Å². The molecule has 3 aromatic rings. The predicted octanol–water partition coefficient (Wildman–Crippen LogP) is 2.33. The lowest BCUT2D eigenvalue weighted by molar-refractivity contribution is 0.158. The van der Waals surface area contributed by atoms with Gasteiger partial charge in [-0.05, 0) is 24.6 Å². The van der Waals surface area contributed by atoms with Crippen LogP contribution in [0.15, 0.2) is 59.4 Å². The topological polar surface area (TPSA) is 78.0 Å². The highest BCUT2D eigenvalue weighted by Crippen LogP contribution is 2.11. The zero-order chi connectivity index (χ0) is 16.2. The van der Waals surface area contributed by atoms with Gasteiger partial charge in [0, 0.05) is 6.42 Å². The summed E-state index contributed by atoms with van der Waals surface area (Å²) in [6.07, 6.45) is -0.0542. The standard InChI is InChI=1S/C18H19N3O2/c1-12(16(22)11-13-7-3-2-4-8-13)19-18-20-15-10-6-5-9-14(15)17(23)21-18/h2-10,12,16,22H,11H2,1H3,(H2,19,20,21,23). The normalized spacial score (nSPS) is 13.7. The summed E-state index contributed by atoms with van der Waals surface area (Å²) in [7, 11) is 0. The van der Waals surface area contributed by atoms with E-state index in [4.69, 9.17) is 0 Å². The molecule has 0 saturated heterocycles. The van der Waals surface area contributed by atoms with Crippen molar-refractivity contribution in [1.82, 2.24) is 9.97 Å². The number of aromatic amines is 1. The summed E-state index contributed by atoms with van der Waals surface area (Å²) in [5, 5.41) is 14.0. The van der Waals surface area contributed by atoms with Gasteiger partial charge in [0.1, 0.15) is 0 Å². The lowest BCUT2D eigenvalue weighted by atomic mass is 10.0. The smallest absolute Gasteiger partial charge is 0.260 e. The van der Waals surface area contributed by atoms with Gasteiger partial charge in [-0.2, -0.15) is 0 Å². The molecule has 5 heteroatoms. The molecule has 0 bridgehead atoms. The summed E-state index contributed by atoms with van der Waals surface area (Å²) in [6, 6.07) is 16.7. The van der Waals surface area contributed by atoms with E-state index < -0.39 is 6.10 Å². The Morgan fingerprint density at radius 2 is 1.83 bits per heavy atom. The third kappa shape index (κ3) is 3.57. The van der Waals surface area contributed by atoms with Crippen molar-refractivity contribution in [2.45, 2.75) is 25.5 Å². The van der Waals surface area contributed by atoms with Crippen molar-refractivity contribution < 1.29 is 5.11 Å². The van der Waals surface area contributed by atoms with Gasteiger partial charge >= 0.3 is 0 Å². The Bertz CT molecular complexity index is 846. The zero-order valence-electron chi connectivity index (χ0n) is 12.9. The molecule has 118 valence electrons. The Kier molecular flexibility index (Phi) is 4.39. The molecular weight excluding hydrogens is 290 g/mol. The average Bonchev–Trinajstić information content (AvgIpc) is 2.56. The number of nitrogens with zero attached hydrogens (tertiary/aromatic N) is 1. The van der Waals surface area contributed by atoms with Crippen molar-refractivity contribution in [3.8, 4) is 0 Å². The lowest BCUT2D eigenvalue weighted by Gasteiger charge is -2.20. The Morgan fingerprint density at radius 3 is 2.61 bits per heavy atom. The number of aliphatic hydroxyl groups excluding tert-OH is 1. The highest BCUT2D eigenvalue weighted by Gasteiger charge is 2.16. The first-order valence-corrected chi connectivity index (χ1v) is 7.61. The molecule has 1 aromatic heterocycles. The van der Waals surface area contributed by atoms with E-state index in [-0.39, 0.29) is 11.6 Å². The van der Waals surface area contributed by atoms with Gasteiger partial charge in [-0.1, -0.05) is 42.5 Å². The summed E-state index contributed by atoms with van der Waals surface area (Å²) in [5.41, 5.74) is 1.50. The maximum absolute atomic E-state index is 12.0. The second-order valence-electron chi connectivity index (χ2n) is 5.62. The monoisotopic (exact) mass is 309 g/mol. The van der Waals surface area contributed by atoms with E-state index in [0.29, 0.717) is 23.3 Å². The number of rotatable bonds is 5. The van der Waals surface area contributed by atoms with Crippen molar-refractivity contribution in [1.29, 1.82) is 0 Å². The molecule has 0 aliphatic carbocycles. The van der Waals surface area contributed by atoms with E-state index in [2.05, 4.69) is 15.3 Å². The Hall–Kier alpha value is -2.66. The van der Waals surface area contributed by atoms with Gasteiger partial charge in [0.25, 0.3) is 5.56 Å². The van der Waals surface area contributed by atoms with Crippen LogP contribution in [0.3, 0.4) is 0 Å². The van der Waals surface area contributed by atoms with E-state index in [9.17, 15) is 9.90 Å². The number of hydrogen-bond acceptors (Lipinski definition) is 4. The molecule has 1 heterocycles. The highest BCUT2D eigenvalue weighted by atomic mass is 16.3. The lowest BCUT2D eigenvalue weighted by Crippen LogP contribution is -2.33. The number of aromatic nitrogens is 2. The second kappa shape index (κ2) is 6.62. The number of H-pyrrole nitrogens is 1. The minimum Gasteiger partial charge on any atom is -0.391 e. The predicted molar refractivity (Wildman–Crippen MR) is 91.6 cm³/mol. The molecule has 2 unspecified atom stereocenters. The molecular formula is C18H19N3O2. The molecule has 23 heavy (non-hydrogen) atoms. The van der Waals surface area contributed by atoms with Crippen LogP contribution in [-0.4, -0.2) is 27.2 Å². The Balaban J connectivity index is 1.74. The largest absolute Gasteiger partial charge is 0.391 e.